The van der Waals surface area contributed by atoms with Crippen LogP contribution >= 0.6 is 35.7 Å². The van der Waals surface area contributed by atoms with Crippen LogP contribution in [-0.4, -0.2) is 23.2 Å². The van der Waals surface area contributed by atoms with Gasteiger partial charge >= 0.3 is 0 Å². The molecule has 0 amide bonds. The predicted octanol–water partition coefficient (Wildman–Crippen LogP) is 3.86. The van der Waals surface area contributed by atoms with E-state index in [4.69, 9.17) is 0 Å². The summed E-state index contributed by atoms with van der Waals surface area (Å²) >= 11 is 1.57. The summed E-state index contributed by atoms with van der Waals surface area (Å²) in [5.41, 5.74) is 2.42. The molecule has 0 fully saturated rings. The number of carbonyl (C=O) groups excluding carboxylic acids is 1. The molecule has 1 aliphatic rings. The number of amidine groups is 1. The van der Waals surface area contributed by atoms with E-state index in [1.54, 1.807) is 11.8 Å². The third-order valence-electron chi connectivity index (χ3n) is 3.17. The average molecular weight is 402 g/mol. The highest BCUT2D eigenvalue weighted by molar-refractivity contribution is 14.0. The van der Waals surface area contributed by atoms with Gasteiger partial charge in [0.25, 0.3) is 0 Å². The third-order valence-corrected chi connectivity index (χ3v) is 3.76. The fourth-order valence-electron chi connectivity index (χ4n) is 2.18. The minimum Gasteiger partial charge on any atom is -0.338 e. The molecule has 1 heterocycles. The Morgan fingerprint density at radius 3 is 2.55 bits per heavy atom. The fraction of sp³-hybridized carbons (Fsp3) is 0.333. The smallest absolute Gasteiger partial charge is 0.192 e. The lowest BCUT2D eigenvalue weighted by atomic mass is 9.93. The van der Waals surface area contributed by atoms with Crippen molar-refractivity contribution in [2.24, 2.45) is 4.99 Å². The van der Waals surface area contributed by atoms with Gasteiger partial charge in [-0.3, -0.25) is 9.79 Å². The number of hydrogen-bond acceptors (Lipinski definition) is 4. The van der Waals surface area contributed by atoms with Gasteiger partial charge in [-0.25, -0.2) is 0 Å². The van der Waals surface area contributed by atoms with Gasteiger partial charge in [-0.2, -0.15) is 0 Å². The van der Waals surface area contributed by atoms with Gasteiger partial charge in [-0.05, 0) is 19.6 Å². The van der Waals surface area contributed by atoms with Crippen LogP contribution in [0, 0.1) is 0 Å². The molecule has 0 saturated carbocycles. The van der Waals surface area contributed by atoms with E-state index in [1.807, 2.05) is 43.5 Å². The number of rotatable bonds is 3. The van der Waals surface area contributed by atoms with Crippen molar-refractivity contribution in [1.82, 2.24) is 5.32 Å². The number of aliphatic imine (C=N–C) groups is 1. The lowest BCUT2D eigenvalue weighted by molar-refractivity contribution is 0.102. The number of Topliss-reactive ketones (excluding diaryl/α,β-unsaturated/α-hetero) is 1. The van der Waals surface area contributed by atoms with Gasteiger partial charge in [0.15, 0.2) is 11.0 Å². The van der Waals surface area contributed by atoms with Crippen LogP contribution in [-0.2, 0) is 0 Å². The number of nitrogens with zero attached hydrogens (tertiary/aromatic N) is 1. The Kier molecular flexibility index (Phi) is 6.75. The molecule has 0 bridgehead atoms. The van der Waals surface area contributed by atoms with Crippen molar-refractivity contribution in [2.75, 3.05) is 6.26 Å². The molecule has 1 unspecified atom stereocenters. The van der Waals surface area contributed by atoms with Gasteiger partial charge in [0.05, 0.1) is 6.04 Å². The number of ketones is 1. The quantitative estimate of drug-likeness (QED) is 0.617. The molecule has 2 rings (SSSR count). The number of carbonyl (C=O) groups is 1. The first-order valence-corrected chi connectivity index (χ1v) is 7.59. The van der Waals surface area contributed by atoms with Crippen LogP contribution < -0.4 is 5.32 Å². The fourth-order valence-corrected chi connectivity index (χ4v) is 2.67. The molecule has 1 atom stereocenters. The summed E-state index contributed by atoms with van der Waals surface area (Å²) < 4.78 is 0. The monoisotopic (exact) mass is 402 g/mol. The first-order valence-electron chi connectivity index (χ1n) is 6.36. The van der Waals surface area contributed by atoms with Crippen LogP contribution in [0.25, 0.3) is 0 Å². The molecule has 5 heteroatoms. The van der Waals surface area contributed by atoms with E-state index in [0.717, 1.165) is 28.4 Å². The predicted molar refractivity (Wildman–Crippen MR) is 97.1 cm³/mol. The molecule has 20 heavy (non-hydrogen) atoms. The molecular weight excluding hydrogens is 383 g/mol. The largest absolute Gasteiger partial charge is 0.338 e. The van der Waals surface area contributed by atoms with E-state index < -0.39 is 0 Å². The van der Waals surface area contributed by atoms with Crippen molar-refractivity contribution in [2.45, 2.75) is 26.3 Å². The van der Waals surface area contributed by atoms with Crippen molar-refractivity contribution in [3.8, 4) is 0 Å². The highest BCUT2D eigenvalue weighted by atomic mass is 127. The van der Waals surface area contributed by atoms with Gasteiger partial charge in [-0.15, -0.1) is 24.0 Å². The zero-order chi connectivity index (χ0) is 13.8. The zero-order valence-electron chi connectivity index (χ0n) is 11.8. The summed E-state index contributed by atoms with van der Waals surface area (Å²) in [6.45, 7) is 4.01. The van der Waals surface area contributed by atoms with Gasteiger partial charge in [0, 0.05) is 16.8 Å². The summed E-state index contributed by atoms with van der Waals surface area (Å²) in [6.07, 6.45) is 2.81. The second kappa shape index (κ2) is 7.83. The molecule has 108 valence electrons. The molecule has 0 radical (unpaired) electrons. The maximum absolute atomic E-state index is 12.6. The van der Waals surface area contributed by atoms with E-state index >= 15 is 0 Å². The normalized spacial score (nSPS) is 17.9. The van der Waals surface area contributed by atoms with Crippen LogP contribution in [0.5, 0.6) is 0 Å². The lowest BCUT2D eigenvalue weighted by Gasteiger charge is -2.24. The SMILES string of the molecule is CCC1N=C(SC)NC(C)=C1C(=O)c1ccccc1.I. The second-order valence-corrected chi connectivity index (χ2v) is 5.22. The number of benzene rings is 1. The van der Waals surface area contributed by atoms with Crippen molar-refractivity contribution < 1.29 is 4.79 Å². The molecule has 3 nitrogen and oxygen atoms in total. The summed E-state index contributed by atoms with van der Waals surface area (Å²) in [6, 6.07) is 9.34. The Morgan fingerprint density at radius 2 is 2.00 bits per heavy atom. The number of allylic oxidation sites excluding steroid dienone is 1. The Bertz CT molecular complexity index is 540. The summed E-state index contributed by atoms with van der Waals surface area (Å²) in [7, 11) is 0. The topological polar surface area (TPSA) is 41.5 Å². The first kappa shape index (κ1) is 17.2. The summed E-state index contributed by atoms with van der Waals surface area (Å²) in [4.78, 5) is 17.2. The molecule has 0 aliphatic carbocycles. The van der Waals surface area contributed by atoms with Gasteiger partial charge in [-0.1, -0.05) is 49.0 Å². The molecule has 1 N–H and O–H groups in total. The molecule has 1 aliphatic heterocycles. The molecule has 1 aromatic rings. The van der Waals surface area contributed by atoms with E-state index in [0.29, 0.717) is 0 Å². The molecule has 1 aromatic carbocycles. The van der Waals surface area contributed by atoms with Crippen LogP contribution in [0.4, 0.5) is 0 Å². The van der Waals surface area contributed by atoms with Crippen molar-refractivity contribution in [3.05, 3.63) is 47.2 Å². The molecule has 0 spiro atoms. The number of nitrogens with one attached hydrogen (secondary N) is 1. The van der Waals surface area contributed by atoms with Crippen LogP contribution in [0.3, 0.4) is 0 Å². The minimum absolute atomic E-state index is 0. The van der Waals surface area contributed by atoms with E-state index in [1.165, 1.54) is 0 Å². The Hall–Kier alpha value is -0.820. The standard InChI is InChI=1S/C15H18N2OS.HI/c1-4-12-13(10(2)16-15(17-12)19-3)14(18)11-8-6-5-7-9-11;/h5-9,12H,4H2,1-3H3,(H,16,17);1H. The van der Waals surface area contributed by atoms with Crippen LogP contribution in [0.1, 0.15) is 30.6 Å². The Labute approximate surface area is 141 Å². The van der Waals surface area contributed by atoms with Crippen molar-refractivity contribution in [1.29, 1.82) is 0 Å². The third kappa shape index (κ3) is 3.63. The van der Waals surface area contributed by atoms with Crippen LogP contribution in [0.2, 0.25) is 0 Å². The number of hydrogen-bond donors (Lipinski definition) is 1. The van der Waals surface area contributed by atoms with E-state index in [2.05, 4.69) is 17.2 Å². The van der Waals surface area contributed by atoms with Gasteiger partial charge in [0.1, 0.15) is 0 Å². The highest BCUT2D eigenvalue weighted by Gasteiger charge is 2.26. The summed E-state index contributed by atoms with van der Waals surface area (Å²) in [5.74, 6) is 0.0707. The van der Waals surface area contributed by atoms with Crippen molar-refractivity contribution in [3.63, 3.8) is 0 Å². The van der Waals surface area contributed by atoms with Gasteiger partial charge < -0.3 is 5.32 Å². The molecule has 0 saturated heterocycles. The Morgan fingerprint density at radius 1 is 1.35 bits per heavy atom. The van der Waals surface area contributed by atoms with Crippen LogP contribution in [0.15, 0.2) is 46.6 Å². The van der Waals surface area contributed by atoms with E-state index in [9.17, 15) is 4.79 Å². The average Bonchev–Trinajstić information content (AvgIpc) is 2.46. The maximum atomic E-state index is 12.6. The zero-order valence-corrected chi connectivity index (χ0v) is 15.0. The van der Waals surface area contributed by atoms with Gasteiger partial charge in [0.2, 0.25) is 0 Å². The minimum atomic E-state index is -0.0450. The number of thioether (sulfide) groups is 1. The highest BCUT2D eigenvalue weighted by Crippen LogP contribution is 2.24. The van der Waals surface area contributed by atoms with Crippen molar-refractivity contribution >= 4 is 46.7 Å². The Balaban J connectivity index is 0.00000200. The molecule has 0 aromatic heterocycles. The second-order valence-electron chi connectivity index (χ2n) is 4.42. The maximum Gasteiger partial charge on any atom is 0.192 e. The lowest BCUT2D eigenvalue weighted by Crippen LogP contribution is -2.32. The van der Waals surface area contributed by atoms with E-state index in [-0.39, 0.29) is 35.8 Å². The summed E-state index contributed by atoms with van der Waals surface area (Å²) in [5, 5.41) is 4.09. The molecular formula is C15H19IN2OS. The first-order chi connectivity index (χ1) is 9.17. The number of halogens is 1.